The van der Waals surface area contributed by atoms with E-state index in [9.17, 15) is 14.4 Å². The van der Waals surface area contributed by atoms with Gasteiger partial charge < -0.3 is 14.2 Å². The average Bonchev–Trinajstić information content (AvgIpc) is 3.44. The first-order chi connectivity index (χ1) is 38.5. The summed E-state index contributed by atoms with van der Waals surface area (Å²) in [6, 6.07) is 0. The normalized spacial score (nSPS) is 12.6. The fourth-order valence-corrected chi connectivity index (χ4v) is 9.66. The summed E-state index contributed by atoms with van der Waals surface area (Å²) in [5.74, 6) is -0.914. The van der Waals surface area contributed by atoms with Crippen LogP contribution in [0.1, 0.15) is 335 Å². The molecule has 0 aromatic rings. The number of hydrogen-bond acceptors (Lipinski definition) is 6. The van der Waals surface area contributed by atoms with E-state index in [0.29, 0.717) is 12.8 Å². The maximum absolute atomic E-state index is 12.9. The Morgan fingerprint density at radius 2 is 0.500 bits per heavy atom. The molecule has 6 heteroatoms. The number of carbonyl (C=O) groups is 3. The highest BCUT2D eigenvalue weighted by Crippen LogP contribution is 2.18. The Hall–Kier alpha value is -3.41. The lowest BCUT2D eigenvalue weighted by atomic mass is 10.0. The Bertz CT molecular complexity index is 1480. The zero-order valence-corrected chi connectivity index (χ0v) is 51.7. The number of esters is 3. The van der Waals surface area contributed by atoms with Gasteiger partial charge in [-0.1, -0.05) is 324 Å². The molecule has 0 saturated heterocycles. The second-order valence-electron chi connectivity index (χ2n) is 22.4. The molecule has 0 aliphatic heterocycles. The predicted octanol–water partition coefficient (Wildman–Crippen LogP) is 23.1. The Labute approximate surface area is 484 Å². The Kier molecular flexibility index (Phi) is 63.2. The van der Waals surface area contributed by atoms with Crippen LogP contribution in [0.2, 0.25) is 0 Å². The highest BCUT2D eigenvalue weighted by Gasteiger charge is 2.19. The molecule has 0 aromatic heterocycles. The lowest BCUT2D eigenvalue weighted by molar-refractivity contribution is -0.167. The molecule has 0 radical (unpaired) electrons. The van der Waals surface area contributed by atoms with Gasteiger partial charge >= 0.3 is 17.9 Å². The number of allylic oxidation sites excluding steroid dienone is 14. The summed E-state index contributed by atoms with van der Waals surface area (Å²) in [5, 5.41) is 0. The molecule has 0 aromatic carbocycles. The van der Waals surface area contributed by atoms with Crippen LogP contribution in [-0.2, 0) is 28.6 Å². The third-order valence-electron chi connectivity index (χ3n) is 14.7. The molecule has 0 amide bonds. The first kappa shape index (κ1) is 74.6. The van der Waals surface area contributed by atoms with Crippen molar-refractivity contribution in [1.29, 1.82) is 0 Å². The van der Waals surface area contributed by atoms with Crippen LogP contribution in [0, 0.1) is 0 Å². The summed E-state index contributed by atoms with van der Waals surface area (Å²) in [4.78, 5) is 38.1. The summed E-state index contributed by atoms with van der Waals surface area (Å²) in [6.07, 6.45) is 87.8. The second kappa shape index (κ2) is 66.1. The van der Waals surface area contributed by atoms with Gasteiger partial charge in [0.05, 0.1) is 0 Å². The maximum Gasteiger partial charge on any atom is 0.306 e. The van der Waals surface area contributed by atoms with E-state index in [0.717, 1.165) is 109 Å². The molecule has 1 atom stereocenters. The summed E-state index contributed by atoms with van der Waals surface area (Å²) in [7, 11) is 0. The third kappa shape index (κ3) is 63.4. The first-order valence-electron chi connectivity index (χ1n) is 33.6. The molecule has 0 heterocycles. The van der Waals surface area contributed by atoms with Gasteiger partial charge in [-0.3, -0.25) is 14.4 Å². The van der Waals surface area contributed by atoms with E-state index in [4.69, 9.17) is 14.2 Å². The van der Waals surface area contributed by atoms with Crippen molar-refractivity contribution in [2.75, 3.05) is 13.2 Å². The van der Waals surface area contributed by atoms with Crippen LogP contribution in [0.15, 0.2) is 85.1 Å². The molecule has 0 aliphatic carbocycles. The van der Waals surface area contributed by atoms with Crippen LogP contribution in [0.4, 0.5) is 0 Å². The van der Waals surface area contributed by atoms with Gasteiger partial charge in [0.15, 0.2) is 6.10 Å². The maximum atomic E-state index is 12.9. The lowest BCUT2D eigenvalue weighted by Crippen LogP contribution is -2.30. The van der Waals surface area contributed by atoms with Crippen molar-refractivity contribution in [3.05, 3.63) is 85.1 Å². The SMILES string of the molecule is CC/C=C\C/C=C\C/C=C\C/C=C\C/C=C\C/C=C\C/C=C\CCCCCC(=O)OC(COC(=O)CCCCCCCCC)COC(=O)CCCCCCCCCCCCCCCCCCCCCCCCCCCCCC. The number of carbonyl (C=O) groups excluding carboxylic acids is 3. The van der Waals surface area contributed by atoms with E-state index in [1.54, 1.807) is 0 Å². The van der Waals surface area contributed by atoms with E-state index >= 15 is 0 Å². The molecular weight excluding hydrogens is 961 g/mol. The standard InChI is InChI=1S/C72H126O6/c1-4-7-10-13-16-18-20-22-24-26-28-30-32-34-35-36-38-39-41-43-45-47-49-51-53-56-59-62-65-71(74)77-68-69(67-76-70(73)64-61-58-55-15-12-9-6-3)78-72(75)66-63-60-57-54-52-50-48-46-44-42-40-37-33-31-29-27-25-23-21-19-17-14-11-8-5-2/h8,11,17,19,23,25,29,31,37,40,44,46,50,52,69H,4-7,9-10,12-16,18,20-22,24,26-28,30,32-36,38-39,41-43,45,47-49,51,53-68H2,1-3H3/b11-8-,19-17-,25-23-,31-29-,40-37-,46-44-,52-50-. The molecule has 78 heavy (non-hydrogen) atoms. The minimum Gasteiger partial charge on any atom is -0.462 e. The van der Waals surface area contributed by atoms with E-state index in [1.807, 2.05) is 0 Å². The van der Waals surface area contributed by atoms with Crippen molar-refractivity contribution in [1.82, 2.24) is 0 Å². The number of ether oxygens (including phenoxy) is 3. The van der Waals surface area contributed by atoms with E-state index in [-0.39, 0.29) is 37.5 Å². The van der Waals surface area contributed by atoms with Gasteiger partial charge in [0.2, 0.25) is 0 Å². The predicted molar refractivity (Wildman–Crippen MR) is 339 cm³/mol. The fourth-order valence-electron chi connectivity index (χ4n) is 9.66. The highest BCUT2D eigenvalue weighted by molar-refractivity contribution is 5.71. The van der Waals surface area contributed by atoms with Gasteiger partial charge in [0, 0.05) is 19.3 Å². The van der Waals surface area contributed by atoms with Gasteiger partial charge in [-0.05, 0) is 77.0 Å². The number of unbranched alkanes of at least 4 members (excludes halogenated alkanes) is 36. The van der Waals surface area contributed by atoms with Crippen LogP contribution in [-0.4, -0.2) is 37.2 Å². The smallest absolute Gasteiger partial charge is 0.306 e. The van der Waals surface area contributed by atoms with Crippen molar-refractivity contribution in [2.45, 2.75) is 341 Å². The van der Waals surface area contributed by atoms with Crippen LogP contribution in [0.3, 0.4) is 0 Å². The van der Waals surface area contributed by atoms with Crippen molar-refractivity contribution in [3.8, 4) is 0 Å². The van der Waals surface area contributed by atoms with Gasteiger partial charge in [-0.15, -0.1) is 0 Å². The van der Waals surface area contributed by atoms with Crippen LogP contribution < -0.4 is 0 Å². The number of hydrogen-bond donors (Lipinski definition) is 0. The minimum absolute atomic E-state index is 0.0869. The molecule has 450 valence electrons. The molecule has 0 bridgehead atoms. The number of rotatable bonds is 61. The van der Waals surface area contributed by atoms with Crippen molar-refractivity contribution >= 4 is 17.9 Å². The zero-order valence-electron chi connectivity index (χ0n) is 51.7. The van der Waals surface area contributed by atoms with Gasteiger partial charge in [-0.25, -0.2) is 0 Å². The molecule has 1 unspecified atom stereocenters. The minimum atomic E-state index is -0.792. The van der Waals surface area contributed by atoms with Crippen molar-refractivity contribution in [2.24, 2.45) is 0 Å². The summed E-state index contributed by atoms with van der Waals surface area (Å²) in [5.41, 5.74) is 0. The Balaban J connectivity index is 4.14. The van der Waals surface area contributed by atoms with Crippen LogP contribution in [0.25, 0.3) is 0 Å². The molecule has 6 nitrogen and oxygen atoms in total. The summed E-state index contributed by atoms with van der Waals surface area (Å²) in [6.45, 7) is 6.49. The monoisotopic (exact) mass is 1090 g/mol. The van der Waals surface area contributed by atoms with Gasteiger partial charge in [0.25, 0.3) is 0 Å². The Morgan fingerprint density at radius 3 is 0.782 bits per heavy atom. The van der Waals surface area contributed by atoms with Crippen LogP contribution >= 0.6 is 0 Å². The van der Waals surface area contributed by atoms with E-state index in [1.165, 1.54) is 186 Å². The Morgan fingerprint density at radius 1 is 0.269 bits per heavy atom. The van der Waals surface area contributed by atoms with E-state index in [2.05, 4.69) is 106 Å². The first-order valence-corrected chi connectivity index (χ1v) is 33.6. The fraction of sp³-hybridized carbons (Fsp3) is 0.764. The molecule has 0 spiro atoms. The van der Waals surface area contributed by atoms with Gasteiger partial charge in [0.1, 0.15) is 13.2 Å². The third-order valence-corrected chi connectivity index (χ3v) is 14.7. The van der Waals surface area contributed by atoms with E-state index < -0.39 is 6.10 Å². The zero-order chi connectivity index (χ0) is 56.4. The highest BCUT2D eigenvalue weighted by atomic mass is 16.6. The molecular formula is C72H126O6. The van der Waals surface area contributed by atoms with Crippen molar-refractivity contribution in [3.63, 3.8) is 0 Å². The molecule has 0 fully saturated rings. The van der Waals surface area contributed by atoms with Crippen molar-refractivity contribution < 1.29 is 28.6 Å². The molecule has 0 saturated carbocycles. The summed E-state index contributed by atoms with van der Waals surface area (Å²) < 4.78 is 16.8. The lowest BCUT2D eigenvalue weighted by Gasteiger charge is -2.18. The molecule has 0 N–H and O–H groups in total. The summed E-state index contributed by atoms with van der Waals surface area (Å²) >= 11 is 0. The topological polar surface area (TPSA) is 78.9 Å². The quantitative estimate of drug-likeness (QED) is 0.0261. The largest absolute Gasteiger partial charge is 0.462 e. The van der Waals surface area contributed by atoms with Gasteiger partial charge in [-0.2, -0.15) is 0 Å². The van der Waals surface area contributed by atoms with Crippen LogP contribution in [0.5, 0.6) is 0 Å². The average molecular weight is 1090 g/mol. The molecule has 0 aliphatic rings. The molecule has 0 rings (SSSR count). The second-order valence-corrected chi connectivity index (χ2v) is 22.4.